The molecule has 0 bridgehead atoms. The third-order valence-corrected chi connectivity index (χ3v) is 13.7. The Bertz CT molecular complexity index is 1950. The highest BCUT2D eigenvalue weighted by Gasteiger charge is 2.50. The predicted octanol–water partition coefficient (Wildman–Crippen LogP) is 17.3. The molecule has 1 aliphatic heterocycles. The van der Waals surface area contributed by atoms with Crippen LogP contribution in [0.4, 0.5) is 0 Å². The van der Waals surface area contributed by atoms with E-state index in [0.29, 0.717) is 19.3 Å². The summed E-state index contributed by atoms with van der Waals surface area (Å²) in [6.07, 6.45) is 68.3. The van der Waals surface area contributed by atoms with Crippen LogP contribution in [0.5, 0.6) is 0 Å². The fraction of sp³-hybridized carbons (Fsp3) is 0.634. The summed E-state index contributed by atoms with van der Waals surface area (Å²) >= 11 is 0. The van der Waals surface area contributed by atoms with Gasteiger partial charge in [-0.1, -0.05) is 219 Å². The number of ether oxygens (including phenoxy) is 5. The Labute approximate surface area is 502 Å². The number of unbranched alkanes of at least 4 members (excludes halogenated alkanes) is 17. The fourth-order valence-corrected chi connectivity index (χ4v) is 8.83. The molecule has 6 unspecified atom stereocenters. The van der Waals surface area contributed by atoms with Crippen molar-refractivity contribution in [3.05, 3.63) is 134 Å². The zero-order valence-corrected chi connectivity index (χ0v) is 51.6. The molecule has 6 atom stereocenters. The van der Waals surface area contributed by atoms with E-state index in [1.165, 1.54) is 19.3 Å². The van der Waals surface area contributed by atoms with Crippen LogP contribution in [0.15, 0.2) is 134 Å². The maximum Gasteiger partial charge on any atom is 0.335 e. The SMILES string of the molecule is CC/C=C\C/C=C\C/C=C\C/C=C\C/C=C\CCCCCC(=O)OCC(COC1OC(C(=O)O)C(O)C(O)C1OC(=O)CCCCCCCC/C=C\C/C=C\C/C=C\C/C=C\CC)OC(=O)CCCCCCC/C=C\C/C=C\CCCCC. The first-order chi connectivity index (χ1) is 40.6. The Kier molecular flexibility index (Phi) is 52.4. The monoisotopic (exact) mass is 1160 g/mol. The molecule has 0 aliphatic carbocycles. The summed E-state index contributed by atoms with van der Waals surface area (Å²) < 4.78 is 28.5. The molecule has 0 aromatic heterocycles. The van der Waals surface area contributed by atoms with Crippen LogP contribution in [0.25, 0.3) is 0 Å². The number of hydrogen-bond acceptors (Lipinski definition) is 11. The molecule has 0 aromatic carbocycles. The van der Waals surface area contributed by atoms with E-state index in [4.69, 9.17) is 23.7 Å². The number of carbonyl (C=O) groups is 4. The van der Waals surface area contributed by atoms with Gasteiger partial charge >= 0.3 is 23.9 Å². The molecule has 0 aromatic rings. The van der Waals surface area contributed by atoms with Crippen LogP contribution >= 0.6 is 0 Å². The van der Waals surface area contributed by atoms with E-state index in [9.17, 15) is 34.5 Å². The van der Waals surface area contributed by atoms with Gasteiger partial charge in [-0.2, -0.15) is 0 Å². The number of carboxylic acid groups (broad SMARTS) is 1. The van der Waals surface area contributed by atoms with Gasteiger partial charge in [0.05, 0.1) is 6.61 Å². The third-order valence-electron chi connectivity index (χ3n) is 13.7. The van der Waals surface area contributed by atoms with E-state index in [1.807, 2.05) is 0 Å². The van der Waals surface area contributed by atoms with Gasteiger partial charge in [0.1, 0.15) is 18.8 Å². The van der Waals surface area contributed by atoms with Crippen LogP contribution in [0.1, 0.15) is 239 Å². The van der Waals surface area contributed by atoms with Crippen LogP contribution in [-0.2, 0) is 42.9 Å². The number of carboxylic acids is 1. The Morgan fingerprint density at radius 1 is 0.410 bits per heavy atom. The highest BCUT2D eigenvalue weighted by atomic mass is 16.7. The van der Waals surface area contributed by atoms with Crippen molar-refractivity contribution in [2.24, 2.45) is 0 Å². The first-order valence-corrected chi connectivity index (χ1v) is 32.2. The Balaban J connectivity index is 2.71. The summed E-state index contributed by atoms with van der Waals surface area (Å²) in [4.78, 5) is 51.3. The smallest absolute Gasteiger partial charge is 0.335 e. The molecule has 1 saturated heterocycles. The lowest BCUT2D eigenvalue weighted by molar-refractivity contribution is -0.301. The zero-order chi connectivity index (χ0) is 60.3. The van der Waals surface area contributed by atoms with Gasteiger partial charge in [-0.25, -0.2) is 4.79 Å². The minimum absolute atomic E-state index is 0.0318. The predicted molar refractivity (Wildman–Crippen MR) is 340 cm³/mol. The molecule has 0 amide bonds. The Hall–Kier alpha value is -5.14. The number of allylic oxidation sites excluding steroid dienone is 22. The van der Waals surface area contributed by atoms with Crippen LogP contribution in [0.3, 0.4) is 0 Å². The molecule has 1 rings (SSSR count). The number of aliphatic hydroxyl groups is 2. The van der Waals surface area contributed by atoms with Crippen molar-refractivity contribution in [3.63, 3.8) is 0 Å². The molecule has 1 fully saturated rings. The number of rotatable bonds is 53. The topological polar surface area (TPSA) is 175 Å². The second kappa shape index (κ2) is 57.3. The van der Waals surface area contributed by atoms with Crippen LogP contribution in [-0.4, -0.2) is 89.2 Å². The van der Waals surface area contributed by atoms with Crippen LogP contribution in [0.2, 0.25) is 0 Å². The van der Waals surface area contributed by atoms with Crippen molar-refractivity contribution in [1.82, 2.24) is 0 Å². The van der Waals surface area contributed by atoms with E-state index in [2.05, 4.69) is 154 Å². The average Bonchev–Trinajstić information content (AvgIpc) is 3.57. The van der Waals surface area contributed by atoms with Crippen molar-refractivity contribution in [3.8, 4) is 0 Å². The number of hydrogen-bond donors (Lipinski definition) is 3. The maximum atomic E-state index is 13.2. The summed E-state index contributed by atoms with van der Waals surface area (Å²) in [6.45, 7) is 5.70. The van der Waals surface area contributed by atoms with Crippen LogP contribution < -0.4 is 0 Å². The number of aliphatic hydroxyl groups excluding tert-OH is 2. The molecule has 12 heteroatoms. The highest BCUT2D eigenvalue weighted by molar-refractivity contribution is 5.74. The lowest BCUT2D eigenvalue weighted by atomic mass is 9.98. The molecule has 3 N–H and O–H groups in total. The molecule has 83 heavy (non-hydrogen) atoms. The minimum atomic E-state index is -1.92. The van der Waals surface area contributed by atoms with E-state index < -0.39 is 67.3 Å². The number of carbonyl (C=O) groups excluding carboxylic acids is 3. The standard InChI is InChI=1S/C71H112O12/c1-4-7-10-13-16-19-22-25-28-30-32-34-37-39-42-45-48-51-54-57-63(72)79-60-62(81-64(73)58-55-52-49-46-43-40-36-27-24-21-18-15-12-9-6-3)61-80-71-69(67(76)66(75)68(83-71)70(77)78)82-65(74)59-56-53-50-47-44-41-38-35-33-31-29-26-23-20-17-14-11-8-5-2/h7-8,10-11,16-21,25-29,32-36,39,42,62,66-69,71,75-76H,4-6,9,12-15,22-24,30-31,37-38,40-41,43-61H2,1-3H3,(H,77,78)/b10-7-,11-8-,19-16-,20-17-,21-18-,28-25-,29-26-,34-32-,35-33-,36-27-,42-39-. The second-order valence-corrected chi connectivity index (χ2v) is 21.3. The van der Waals surface area contributed by atoms with Crippen molar-refractivity contribution >= 4 is 23.9 Å². The van der Waals surface area contributed by atoms with E-state index in [-0.39, 0.29) is 25.9 Å². The summed E-state index contributed by atoms with van der Waals surface area (Å²) in [6, 6.07) is 0. The Morgan fingerprint density at radius 3 is 1.17 bits per heavy atom. The fourth-order valence-electron chi connectivity index (χ4n) is 8.83. The van der Waals surface area contributed by atoms with Gasteiger partial charge in [-0.15, -0.1) is 0 Å². The van der Waals surface area contributed by atoms with Gasteiger partial charge in [0.2, 0.25) is 0 Å². The van der Waals surface area contributed by atoms with Crippen molar-refractivity contribution in [1.29, 1.82) is 0 Å². The van der Waals surface area contributed by atoms with Crippen LogP contribution in [0, 0.1) is 0 Å². The molecule has 0 saturated carbocycles. The summed E-state index contributed by atoms with van der Waals surface area (Å²) in [5, 5.41) is 31.6. The van der Waals surface area contributed by atoms with E-state index >= 15 is 0 Å². The number of aliphatic carboxylic acids is 1. The van der Waals surface area contributed by atoms with Gasteiger partial charge < -0.3 is 39.0 Å². The first-order valence-electron chi connectivity index (χ1n) is 32.2. The average molecular weight is 1160 g/mol. The van der Waals surface area contributed by atoms with Gasteiger partial charge in [0, 0.05) is 19.3 Å². The summed E-state index contributed by atoms with van der Waals surface area (Å²) in [5.41, 5.74) is 0. The quantitative estimate of drug-likeness (QED) is 0.0228. The lowest BCUT2D eigenvalue weighted by Gasteiger charge is -2.40. The molecule has 1 aliphatic rings. The van der Waals surface area contributed by atoms with Crippen molar-refractivity contribution in [2.45, 2.75) is 276 Å². The maximum absolute atomic E-state index is 13.2. The van der Waals surface area contributed by atoms with Gasteiger partial charge in [0.25, 0.3) is 0 Å². The molecular formula is C71H112O12. The molecule has 1 heterocycles. The van der Waals surface area contributed by atoms with E-state index in [0.717, 1.165) is 161 Å². The largest absolute Gasteiger partial charge is 0.479 e. The zero-order valence-electron chi connectivity index (χ0n) is 51.6. The van der Waals surface area contributed by atoms with Gasteiger partial charge in [0.15, 0.2) is 24.6 Å². The van der Waals surface area contributed by atoms with Crippen molar-refractivity contribution < 1.29 is 58.2 Å². The Morgan fingerprint density at radius 2 is 0.759 bits per heavy atom. The molecular weight excluding hydrogens is 1040 g/mol. The highest BCUT2D eigenvalue weighted by Crippen LogP contribution is 2.26. The second-order valence-electron chi connectivity index (χ2n) is 21.3. The summed E-state index contributed by atoms with van der Waals surface area (Å²) in [7, 11) is 0. The molecule has 468 valence electrons. The normalized spacial score (nSPS) is 18.5. The minimum Gasteiger partial charge on any atom is -0.479 e. The third kappa shape index (κ3) is 46.9. The first kappa shape index (κ1) is 75.9. The molecule has 12 nitrogen and oxygen atoms in total. The van der Waals surface area contributed by atoms with Crippen molar-refractivity contribution in [2.75, 3.05) is 13.2 Å². The number of esters is 3. The van der Waals surface area contributed by atoms with Gasteiger partial charge in [-0.05, 0) is 135 Å². The molecule has 0 radical (unpaired) electrons. The van der Waals surface area contributed by atoms with Gasteiger partial charge in [-0.3, -0.25) is 14.4 Å². The summed E-state index contributed by atoms with van der Waals surface area (Å²) in [5.74, 6) is -3.21. The molecule has 0 spiro atoms. The van der Waals surface area contributed by atoms with E-state index in [1.54, 1.807) is 0 Å². The lowest BCUT2D eigenvalue weighted by Crippen LogP contribution is -2.61.